The molecular weight excluding hydrogens is 401 g/mol. The van der Waals surface area contributed by atoms with Crippen molar-refractivity contribution < 1.29 is 12.6 Å². The van der Waals surface area contributed by atoms with Crippen molar-refractivity contribution in [3.05, 3.63) is 50.8 Å². The summed E-state index contributed by atoms with van der Waals surface area (Å²) in [6.45, 7) is 1.87. The molecule has 19 heavy (non-hydrogen) atoms. The molecule has 7 heteroatoms. The van der Waals surface area contributed by atoms with Crippen molar-refractivity contribution in [1.29, 1.82) is 0 Å². The molecule has 1 aromatic carbocycles. The minimum Gasteiger partial charge on any atom is -0.376 e. The highest BCUT2D eigenvalue weighted by atomic mass is 127. The van der Waals surface area contributed by atoms with Crippen molar-refractivity contribution in [2.24, 2.45) is 0 Å². The molecule has 0 bridgehead atoms. The zero-order valence-corrected chi connectivity index (χ0v) is 13.5. The lowest BCUT2D eigenvalue weighted by atomic mass is 10.2. The van der Waals surface area contributed by atoms with Gasteiger partial charge in [0.05, 0.1) is 0 Å². The van der Waals surface area contributed by atoms with Crippen LogP contribution in [0.15, 0.2) is 41.3 Å². The molecule has 0 aliphatic rings. The summed E-state index contributed by atoms with van der Waals surface area (Å²) in [5.41, 5.74) is 0.966. The molecule has 0 unspecified atom stereocenters. The van der Waals surface area contributed by atoms with E-state index in [1.165, 1.54) is 18.2 Å². The number of benzene rings is 1. The number of halogens is 2. The third-order valence-corrected chi connectivity index (χ3v) is 4.41. The first-order valence-corrected chi connectivity index (χ1v) is 8.08. The van der Waals surface area contributed by atoms with Gasteiger partial charge in [-0.3, -0.25) is 0 Å². The van der Waals surface area contributed by atoms with Crippen molar-refractivity contribution in [3.8, 4) is 5.75 Å². The van der Waals surface area contributed by atoms with Gasteiger partial charge in [0.15, 0.2) is 10.9 Å². The Morgan fingerprint density at radius 3 is 2.37 bits per heavy atom. The van der Waals surface area contributed by atoms with Gasteiger partial charge in [0.1, 0.15) is 8.60 Å². The van der Waals surface area contributed by atoms with Crippen LogP contribution in [0.2, 0.25) is 5.15 Å². The molecule has 4 nitrogen and oxygen atoms in total. The predicted octanol–water partition coefficient (Wildman–Crippen LogP) is 3.42. The molecule has 1 aromatic heterocycles. The van der Waals surface area contributed by atoms with Gasteiger partial charge in [-0.1, -0.05) is 29.3 Å². The van der Waals surface area contributed by atoms with Crippen LogP contribution in [0.4, 0.5) is 0 Å². The van der Waals surface area contributed by atoms with Gasteiger partial charge in [0.25, 0.3) is 0 Å². The monoisotopic (exact) mass is 409 g/mol. The van der Waals surface area contributed by atoms with Gasteiger partial charge in [0.2, 0.25) is 0 Å². The summed E-state index contributed by atoms with van der Waals surface area (Å²) < 4.78 is 29.7. The fourth-order valence-corrected chi connectivity index (χ4v) is 3.07. The fraction of sp³-hybridized carbons (Fsp3) is 0.0833. The first kappa shape index (κ1) is 14.5. The lowest BCUT2D eigenvalue weighted by Crippen LogP contribution is -2.10. The van der Waals surface area contributed by atoms with Gasteiger partial charge in [-0.25, -0.2) is 4.98 Å². The Hall–Kier alpha value is -0.860. The molecule has 1 heterocycles. The highest BCUT2D eigenvalue weighted by molar-refractivity contribution is 14.1. The largest absolute Gasteiger partial charge is 0.376 e. The van der Waals surface area contributed by atoms with E-state index in [2.05, 4.69) is 4.98 Å². The number of hydrogen-bond acceptors (Lipinski definition) is 4. The second-order valence-corrected chi connectivity index (χ2v) is 6.78. The third kappa shape index (κ3) is 3.58. The quantitative estimate of drug-likeness (QED) is 0.443. The van der Waals surface area contributed by atoms with Gasteiger partial charge < -0.3 is 4.18 Å². The summed E-state index contributed by atoms with van der Waals surface area (Å²) in [6.07, 6.45) is 0. The Balaban J connectivity index is 2.33. The van der Waals surface area contributed by atoms with Gasteiger partial charge >= 0.3 is 10.1 Å². The Bertz CT molecular complexity index is 701. The average Bonchev–Trinajstić information content (AvgIpc) is 2.33. The van der Waals surface area contributed by atoms with Gasteiger partial charge in [-0.05, 0) is 53.8 Å². The van der Waals surface area contributed by atoms with E-state index in [1.54, 1.807) is 18.2 Å². The lowest BCUT2D eigenvalue weighted by Gasteiger charge is -2.08. The van der Waals surface area contributed by atoms with E-state index in [-0.39, 0.29) is 15.8 Å². The zero-order valence-electron chi connectivity index (χ0n) is 9.80. The average molecular weight is 410 g/mol. The summed E-state index contributed by atoms with van der Waals surface area (Å²) in [6, 6.07) is 9.46. The fourth-order valence-electron chi connectivity index (χ4n) is 1.33. The van der Waals surface area contributed by atoms with Gasteiger partial charge in [0, 0.05) is 0 Å². The molecule has 0 atom stereocenters. The van der Waals surface area contributed by atoms with E-state index in [0.29, 0.717) is 3.70 Å². The highest BCUT2D eigenvalue weighted by Gasteiger charge is 2.18. The van der Waals surface area contributed by atoms with Crippen molar-refractivity contribution in [2.75, 3.05) is 0 Å². The first-order valence-electron chi connectivity index (χ1n) is 5.22. The number of pyridine rings is 1. The van der Waals surface area contributed by atoms with Gasteiger partial charge in [-0.15, -0.1) is 0 Å². The molecular formula is C12H9ClINO3S. The Morgan fingerprint density at radius 1 is 1.16 bits per heavy atom. The molecule has 0 amide bonds. The molecule has 2 rings (SSSR count). The van der Waals surface area contributed by atoms with Crippen molar-refractivity contribution >= 4 is 44.3 Å². The van der Waals surface area contributed by atoms with E-state index in [0.717, 1.165) is 5.56 Å². The van der Waals surface area contributed by atoms with E-state index in [4.69, 9.17) is 15.8 Å². The van der Waals surface area contributed by atoms with Crippen LogP contribution in [0.1, 0.15) is 5.56 Å². The molecule has 2 aromatic rings. The highest BCUT2D eigenvalue weighted by Crippen LogP contribution is 2.26. The van der Waals surface area contributed by atoms with Crippen LogP contribution in [0.3, 0.4) is 0 Å². The molecule has 0 aliphatic carbocycles. The molecule has 0 saturated heterocycles. The topological polar surface area (TPSA) is 56.3 Å². The Labute approximate surface area is 130 Å². The standard InChI is InChI=1S/C12H9ClINO3S/c1-8-2-4-9(5-3-8)19(16,17)18-10-6-7-11(14)15-12(10)13/h2-7H,1H3. The second-order valence-electron chi connectivity index (χ2n) is 3.77. The van der Waals surface area contributed by atoms with E-state index < -0.39 is 10.1 Å². The van der Waals surface area contributed by atoms with E-state index >= 15 is 0 Å². The SMILES string of the molecule is Cc1ccc(S(=O)(=O)Oc2ccc(I)nc2Cl)cc1. The number of hydrogen-bond donors (Lipinski definition) is 0. The number of aryl methyl sites for hydroxylation is 1. The maximum Gasteiger partial charge on any atom is 0.339 e. The molecule has 0 N–H and O–H groups in total. The van der Waals surface area contributed by atoms with E-state index in [9.17, 15) is 8.42 Å². The summed E-state index contributed by atoms with van der Waals surface area (Å²) in [7, 11) is -3.89. The summed E-state index contributed by atoms with van der Waals surface area (Å²) in [5.74, 6) is 0.0163. The van der Waals surface area contributed by atoms with Crippen molar-refractivity contribution in [3.63, 3.8) is 0 Å². The summed E-state index contributed by atoms with van der Waals surface area (Å²) in [4.78, 5) is 4.00. The van der Waals surface area contributed by atoms with Crippen LogP contribution >= 0.6 is 34.2 Å². The first-order chi connectivity index (χ1) is 8.88. The van der Waals surface area contributed by atoms with Crippen LogP contribution in [0, 0.1) is 10.6 Å². The van der Waals surface area contributed by atoms with Crippen LogP contribution < -0.4 is 4.18 Å². The van der Waals surface area contributed by atoms with Crippen LogP contribution in [0.5, 0.6) is 5.75 Å². The second kappa shape index (κ2) is 5.64. The molecule has 0 radical (unpaired) electrons. The minimum absolute atomic E-state index is 0.0163. The number of nitrogens with zero attached hydrogens (tertiary/aromatic N) is 1. The maximum absolute atomic E-state index is 12.0. The third-order valence-electron chi connectivity index (χ3n) is 2.29. The van der Waals surface area contributed by atoms with Gasteiger partial charge in [-0.2, -0.15) is 8.42 Å². The summed E-state index contributed by atoms with van der Waals surface area (Å²) >= 11 is 7.82. The molecule has 0 saturated carbocycles. The maximum atomic E-state index is 12.0. The molecule has 0 fully saturated rings. The zero-order chi connectivity index (χ0) is 14.0. The van der Waals surface area contributed by atoms with Crippen molar-refractivity contribution in [1.82, 2.24) is 4.98 Å². The lowest BCUT2D eigenvalue weighted by molar-refractivity contribution is 0.485. The van der Waals surface area contributed by atoms with E-state index in [1.807, 2.05) is 29.5 Å². The van der Waals surface area contributed by atoms with Crippen LogP contribution in [-0.4, -0.2) is 13.4 Å². The smallest absolute Gasteiger partial charge is 0.339 e. The molecule has 0 spiro atoms. The Kier molecular flexibility index (Phi) is 4.32. The number of aromatic nitrogens is 1. The minimum atomic E-state index is -3.89. The number of rotatable bonds is 3. The summed E-state index contributed by atoms with van der Waals surface area (Å²) in [5, 5.41) is 0.0163. The Morgan fingerprint density at radius 2 is 1.79 bits per heavy atom. The molecule has 0 aliphatic heterocycles. The predicted molar refractivity (Wildman–Crippen MR) is 81.0 cm³/mol. The van der Waals surface area contributed by atoms with Crippen molar-refractivity contribution in [2.45, 2.75) is 11.8 Å². The van der Waals surface area contributed by atoms with Crippen LogP contribution in [-0.2, 0) is 10.1 Å². The normalized spacial score (nSPS) is 11.3. The molecule has 100 valence electrons. The van der Waals surface area contributed by atoms with Crippen LogP contribution in [0.25, 0.3) is 0 Å².